The Hall–Kier alpha value is -3.36. The largest absolute Gasteiger partial charge is 0.463 e. The molecule has 6 nitrogen and oxygen atoms in total. The summed E-state index contributed by atoms with van der Waals surface area (Å²) in [6.45, 7) is 6.07. The maximum absolute atomic E-state index is 12.9. The van der Waals surface area contributed by atoms with E-state index >= 15 is 0 Å². The second-order valence-electron chi connectivity index (χ2n) is 8.56. The van der Waals surface area contributed by atoms with Gasteiger partial charge in [-0.3, -0.25) is 0 Å². The van der Waals surface area contributed by atoms with Gasteiger partial charge in [0.05, 0.1) is 24.4 Å². The second-order valence-corrected chi connectivity index (χ2v) is 10.4. The van der Waals surface area contributed by atoms with Gasteiger partial charge in [0.15, 0.2) is 5.17 Å². The summed E-state index contributed by atoms with van der Waals surface area (Å²) >= 11 is 5.06. The molecule has 1 heterocycles. The van der Waals surface area contributed by atoms with Crippen LogP contribution in [0.2, 0.25) is 0 Å². The predicted octanol–water partition coefficient (Wildman–Crippen LogP) is 7.06. The standard InChI is InChI=1S/C30H29BrN2O4S/c1-4-36-28(34)24-8-6-7-23(17-24)21-11-13-22(14-12-21)27-26(29(35)37-5-2)19(3)32-30(33-27)38-18-20-9-15-25(31)16-10-20/h6-17,27H,4-5,18H2,1-3H3,(H,32,33). The number of carbonyl (C=O) groups is 2. The second kappa shape index (κ2) is 12.9. The summed E-state index contributed by atoms with van der Waals surface area (Å²) in [5.41, 5.74) is 5.63. The van der Waals surface area contributed by atoms with Gasteiger partial charge in [-0.25, -0.2) is 14.6 Å². The Kier molecular flexibility index (Phi) is 9.42. The van der Waals surface area contributed by atoms with Crippen molar-refractivity contribution in [3.05, 3.63) is 105 Å². The fourth-order valence-corrected chi connectivity index (χ4v) is 5.23. The number of nitrogens with zero attached hydrogens (tertiary/aromatic N) is 1. The fourth-order valence-electron chi connectivity index (χ4n) is 4.07. The average Bonchev–Trinajstić information content (AvgIpc) is 2.93. The molecule has 1 aliphatic heterocycles. The predicted molar refractivity (Wildman–Crippen MR) is 156 cm³/mol. The van der Waals surface area contributed by atoms with Crippen molar-refractivity contribution in [1.82, 2.24) is 5.32 Å². The van der Waals surface area contributed by atoms with Crippen molar-refractivity contribution < 1.29 is 19.1 Å². The van der Waals surface area contributed by atoms with E-state index in [1.807, 2.05) is 61.5 Å². The molecular formula is C30H29BrN2O4S. The number of rotatable bonds is 8. The lowest BCUT2D eigenvalue weighted by atomic mass is 9.94. The molecular weight excluding hydrogens is 564 g/mol. The van der Waals surface area contributed by atoms with E-state index in [1.165, 1.54) is 5.56 Å². The molecule has 3 aromatic carbocycles. The third kappa shape index (κ3) is 6.74. The molecule has 1 N–H and O–H groups in total. The summed E-state index contributed by atoms with van der Waals surface area (Å²) in [7, 11) is 0. The summed E-state index contributed by atoms with van der Waals surface area (Å²) < 4.78 is 11.5. The van der Waals surface area contributed by atoms with Gasteiger partial charge >= 0.3 is 11.9 Å². The van der Waals surface area contributed by atoms with Crippen molar-refractivity contribution in [2.45, 2.75) is 32.6 Å². The SMILES string of the molecule is CCOC(=O)C1=C(C)NC(SCc2ccc(Br)cc2)=NC1c1ccc(-c2cccc(C(=O)OCC)c2)cc1. The van der Waals surface area contributed by atoms with Gasteiger partial charge in [0.2, 0.25) is 0 Å². The average molecular weight is 594 g/mol. The highest BCUT2D eigenvalue weighted by atomic mass is 79.9. The summed E-state index contributed by atoms with van der Waals surface area (Å²) in [5, 5.41) is 4.04. The molecule has 0 fully saturated rings. The molecule has 0 bridgehead atoms. The number of carbonyl (C=O) groups excluding carboxylic acids is 2. The maximum Gasteiger partial charge on any atom is 0.338 e. The molecule has 0 saturated carbocycles. The molecule has 1 unspecified atom stereocenters. The number of ether oxygens (including phenoxy) is 2. The van der Waals surface area contributed by atoms with Crippen LogP contribution in [0.1, 0.15) is 48.3 Å². The zero-order valence-electron chi connectivity index (χ0n) is 21.5. The molecule has 1 aliphatic rings. The highest BCUT2D eigenvalue weighted by Crippen LogP contribution is 2.34. The Morgan fingerprint density at radius 3 is 2.29 bits per heavy atom. The highest BCUT2D eigenvalue weighted by molar-refractivity contribution is 9.10. The molecule has 0 aromatic heterocycles. The van der Waals surface area contributed by atoms with Crippen LogP contribution < -0.4 is 5.32 Å². The van der Waals surface area contributed by atoms with Gasteiger partial charge < -0.3 is 14.8 Å². The number of halogens is 1. The first kappa shape index (κ1) is 27.7. The lowest BCUT2D eigenvalue weighted by Crippen LogP contribution is -2.30. The molecule has 4 rings (SSSR count). The molecule has 0 amide bonds. The molecule has 1 atom stereocenters. The molecule has 38 heavy (non-hydrogen) atoms. The third-order valence-electron chi connectivity index (χ3n) is 5.94. The molecule has 0 aliphatic carbocycles. The van der Waals surface area contributed by atoms with Crippen LogP contribution in [0.4, 0.5) is 0 Å². The Bertz CT molecular complexity index is 1370. The number of esters is 2. The number of amidine groups is 1. The van der Waals surface area contributed by atoms with E-state index in [-0.39, 0.29) is 18.5 Å². The summed E-state index contributed by atoms with van der Waals surface area (Å²) in [4.78, 5) is 30.0. The van der Waals surface area contributed by atoms with Crippen molar-refractivity contribution in [3.63, 3.8) is 0 Å². The molecule has 196 valence electrons. The van der Waals surface area contributed by atoms with E-state index in [9.17, 15) is 9.59 Å². The Labute approximate surface area is 235 Å². The van der Waals surface area contributed by atoms with Crippen LogP contribution in [0.5, 0.6) is 0 Å². The van der Waals surface area contributed by atoms with E-state index in [4.69, 9.17) is 14.5 Å². The van der Waals surface area contributed by atoms with Gasteiger partial charge in [-0.1, -0.05) is 76.2 Å². The lowest BCUT2D eigenvalue weighted by molar-refractivity contribution is -0.138. The van der Waals surface area contributed by atoms with E-state index in [1.54, 1.807) is 31.7 Å². The van der Waals surface area contributed by atoms with Crippen LogP contribution in [0, 0.1) is 0 Å². The number of hydrogen-bond donors (Lipinski definition) is 1. The molecule has 0 saturated heterocycles. The number of benzene rings is 3. The number of allylic oxidation sites excluding steroid dienone is 1. The van der Waals surface area contributed by atoms with Gasteiger partial charge in [-0.05, 0) is 67.3 Å². The first-order chi connectivity index (χ1) is 18.4. The quantitative estimate of drug-likeness (QED) is 0.282. The molecule has 0 spiro atoms. The third-order valence-corrected chi connectivity index (χ3v) is 7.42. The Morgan fingerprint density at radius 1 is 0.921 bits per heavy atom. The van der Waals surface area contributed by atoms with Crippen LogP contribution >= 0.6 is 27.7 Å². The van der Waals surface area contributed by atoms with Crippen LogP contribution in [0.25, 0.3) is 11.1 Å². The van der Waals surface area contributed by atoms with Crippen molar-refractivity contribution >= 4 is 44.8 Å². The minimum Gasteiger partial charge on any atom is -0.463 e. The fraction of sp³-hybridized carbons (Fsp3) is 0.233. The number of hydrogen-bond acceptors (Lipinski definition) is 7. The van der Waals surface area contributed by atoms with Crippen LogP contribution in [-0.2, 0) is 20.0 Å². The van der Waals surface area contributed by atoms with Crippen LogP contribution in [0.15, 0.2) is 93.5 Å². The van der Waals surface area contributed by atoms with Gasteiger partial charge in [0.25, 0.3) is 0 Å². The monoisotopic (exact) mass is 592 g/mol. The lowest BCUT2D eigenvalue weighted by Gasteiger charge is -2.26. The number of thioether (sulfide) groups is 1. The van der Waals surface area contributed by atoms with Crippen molar-refractivity contribution in [3.8, 4) is 11.1 Å². The van der Waals surface area contributed by atoms with E-state index < -0.39 is 6.04 Å². The van der Waals surface area contributed by atoms with Crippen molar-refractivity contribution in [2.24, 2.45) is 4.99 Å². The zero-order chi connectivity index (χ0) is 27.1. The van der Waals surface area contributed by atoms with Crippen molar-refractivity contribution in [1.29, 1.82) is 0 Å². The minimum absolute atomic E-state index is 0.285. The minimum atomic E-state index is -0.498. The smallest absolute Gasteiger partial charge is 0.338 e. The van der Waals surface area contributed by atoms with Gasteiger partial charge in [-0.2, -0.15) is 0 Å². The van der Waals surface area contributed by atoms with Gasteiger partial charge in [0.1, 0.15) is 6.04 Å². The van der Waals surface area contributed by atoms with Crippen LogP contribution in [-0.4, -0.2) is 30.3 Å². The van der Waals surface area contributed by atoms with Gasteiger partial charge in [0, 0.05) is 15.9 Å². The van der Waals surface area contributed by atoms with Gasteiger partial charge in [-0.15, -0.1) is 0 Å². The number of nitrogens with one attached hydrogen (secondary N) is 1. The maximum atomic E-state index is 12.9. The summed E-state index contributed by atoms with van der Waals surface area (Å²) in [5.74, 6) is 0.0150. The van der Waals surface area contributed by atoms with E-state index in [0.717, 1.165) is 37.8 Å². The van der Waals surface area contributed by atoms with E-state index in [0.29, 0.717) is 17.7 Å². The normalized spacial score (nSPS) is 14.9. The highest BCUT2D eigenvalue weighted by Gasteiger charge is 2.30. The molecule has 0 radical (unpaired) electrons. The first-order valence-electron chi connectivity index (χ1n) is 12.4. The molecule has 8 heteroatoms. The summed E-state index contributed by atoms with van der Waals surface area (Å²) in [6, 6.07) is 22.9. The Morgan fingerprint density at radius 2 is 1.61 bits per heavy atom. The number of aliphatic imine (C=N–C) groups is 1. The zero-order valence-corrected chi connectivity index (χ0v) is 23.9. The van der Waals surface area contributed by atoms with Crippen LogP contribution in [0.3, 0.4) is 0 Å². The summed E-state index contributed by atoms with van der Waals surface area (Å²) in [6.07, 6.45) is 0. The first-order valence-corrected chi connectivity index (χ1v) is 14.1. The van der Waals surface area contributed by atoms with Crippen molar-refractivity contribution in [2.75, 3.05) is 13.2 Å². The topological polar surface area (TPSA) is 77.0 Å². The Balaban J connectivity index is 1.61. The van der Waals surface area contributed by atoms with E-state index in [2.05, 4.69) is 33.4 Å². The molecule has 3 aromatic rings.